The molecule has 23 heavy (non-hydrogen) atoms. The number of hydrogen-bond donors (Lipinski definition) is 1. The quantitative estimate of drug-likeness (QED) is 0.645. The summed E-state index contributed by atoms with van der Waals surface area (Å²) in [5, 5.41) is 2.92. The lowest BCUT2D eigenvalue weighted by molar-refractivity contribution is 0.0951. The van der Waals surface area contributed by atoms with Crippen molar-refractivity contribution in [2.45, 2.75) is 6.54 Å². The van der Waals surface area contributed by atoms with E-state index < -0.39 is 0 Å². The lowest BCUT2D eigenvalue weighted by atomic mass is 10.2. The highest BCUT2D eigenvalue weighted by molar-refractivity contribution is 14.1. The number of imidazole rings is 1. The van der Waals surface area contributed by atoms with Crippen molar-refractivity contribution in [3.8, 4) is 11.6 Å². The van der Waals surface area contributed by atoms with Crippen molar-refractivity contribution in [3.63, 3.8) is 0 Å². The second-order valence-corrected chi connectivity index (χ2v) is 5.91. The highest BCUT2D eigenvalue weighted by atomic mass is 127. The third-order valence-electron chi connectivity index (χ3n) is 3.24. The Bertz CT molecular complexity index is 803. The molecule has 0 saturated carbocycles. The molecule has 0 aliphatic rings. The fraction of sp³-hybridized carbons (Fsp3) is 0.125. The molecule has 0 aliphatic heterocycles. The smallest absolute Gasteiger partial charge is 0.252 e. The average Bonchev–Trinajstić information content (AvgIpc) is 3.04. The Balaban J connectivity index is 1.63. The number of rotatable bonds is 5. The molecule has 3 rings (SSSR count). The van der Waals surface area contributed by atoms with Crippen LogP contribution in [0.5, 0.6) is 0 Å². The predicted molar refractivity (Wildman–Crippen MR) is 94.7 cm³/mol. The summed E-state index contributed by atoms with van der Waals surface area (Å²) in [7, 11) is 0. The number of nitrogens with one attached hydrogen (secondary N) is 1. The molecule has 0 saturated heterocycles. The maximum absolute atomic E-state index is 12.2. The van der Waals surface area contributed by atoms with Crippen LogP contribution < -0.4 is 5.32 Å². The van der Waals surface area contributed by atoms with Gasteiger partial charge in [0, 0.05) is 41.4 Å². The fourth-order valence-electron chi connectivity index (χ4n) is 2.14. The van der Waals surface area contributed by atoms with Gasteiger partial charge in [0.15, 0.2) is 11.6 Å². The number of carbonyl (C=O) groups excluding carboxylic acids is 1. The van der Waals surface area contributed by atoms with Gasteiger partial charge in [0.25, 0.3) is 5.91 Å². The van der Waals surface area contributed by atoms with Gasteiger partial charge in [-0.15, -0.1) is 0 Å². The van der Waals surface area contributed by atoms with Crippen LogP contribution in [0.1, 0.15) is 10.4 Å². The van der Waals surface area contributed by atoms with Crippen molar-refractivity contribution in [1.82, 2.24) is 24.8 Å². The Morgan fingerprint density at radius 2 is 1.87 bits per heavy atom. The SMILES string of the molecule is O=C(NCCn1ccnc1-c1ncccn1)c1ccccc1I. The van der Waals surface area contributed by atoms with E-state index >= 15 is 0 Å². The summed E-state index contributed by atoms with van der Waals surface area (Å²) in [5.74, 6) is 1.18. The molecule has 116 valence electrons. The van der Waals surface area contributed by atoms with Crippen LogP contribution in [0.3, 0.4) is 0 Å². The molecule has 2 aromatic heterocycles. The van der Waals surface area contributed by atoms with Gasteiger partial charge in [-0.1, -0.05) is 12.1 Å². The van der Waals surface area contributed by atoms with E-state index in [0.717, 1.165) is 3.57 Å². The maximum atomic E-state index is 12.2. The minimum atomic E-state index is -0.0763. The van der Waals surface area contributed by atoms with E-state index in [1.165, 1.54) is 0 Å². The summed E-state index contributed by atoms with van der Waals surface area (Å²) in [6.45, 7) is 1.10. The number of benzene rings is 1. The van der Waals surface area contributed by atoms with E-state index in [0.29, 0.717) is 30.3 Å². The van der Waals surface area contributed by atoms with Crippen molar-refractivity contribution < 1.29 is 4.79 Å². The van der Waals surface area contributed by atoms with E-state index in [9.17, 15) is 4.79 Å². The van der Waals surface area contributed by atoms with Gasteiger partial charge < -0.3 is 9.88 Å². The molecule has 1 amide bonds. The van der Waals surface area contributed by atoms with Gasteiger partial charge in [-0.3, -0.25) is 4.79 Å². The van der Waals surface area contributed by atoms with Crippen molar-refractivity contribution >= 4 is 28.5 Å². The Kier molecular flexibility index (Phi) is 4.96. The zero-order valence-electron chi connectivity index (χ0n) is 12.2. The van der Waals surface area contributed by atoms with Crippen LogP contribution >= 0.6 is 22.6 Å². The Morgan fingerprint density at radius 3 is 2.65 bits per heavy atom. The lowest BCUT2D eigenvalue weighted by Gasteiger charge is -2.09. The van der Waals surface area contributed by atoms with Gasteiger partial charge in [-0.2, -0.15) is 0 Å². The summed E-state index contributed by atoms with van der Waals surface area (Å²) in [5.41, 5.74) is 0.686. The molecule has 2 heterocycles. The first-order chi connectivity index (χ1) is 11.3. The summed E-state index contributed by atoms with van der Waals surface area (Å²) in [6, 6.07) is 9.26. The van der Waals surface area contributed by atoms with Crippen LogP contribution in [0.4, 0.5) is 0 Å². The Morgan fingerprint density at radius 1 is 1.09 bits per heavy atom. The zero-order valence-corrected chi connectivity index (χ0v) is 14.3. The minimum absolute atomic E-state index is 0.0763. The molecule has 0 spiro atoms. The molecule has 0 fully saturated rings. The maximum Gasteiger partial charge on any atom is 0.252 e. The number of aromatic nitrogens is 4. The van der Waals surface area contributed by atoms with E-state index in [1.54, 1.807) is 24.7 Å². The van der Waals surface area contributed by atoms with Gasteiger partial charge in [-0.05, 0) is 40.8 Å². The van der Waals surface area contributed by atoms with Gasteiger partial charge >= 0.3 is 0 Å². The van der Waals surface area contributed by atoms with Crippen LogP contribution in [-0.4, -0.2) is 32.0 Å². The third-order valence-corrected chi connectivity index (χ3v) is 4.18. The Labute approximate surface area is 147 Å². The van der Waals surface area contributed by atoms with E-state index in [2.05, 4.69) is 42.9 Å². The first-order valence-corrected chi connectivity index (χ1v) is 8.15. The molecule has 0 atom stereocenters. The molecule has 1 N–H and O–H groups in total. The predicted octanol–water partition coefficient (Wildman–Crippen LogP) is 2.37. The minimum Gasteiger partial charge on any atom is -0.350 e. The summed E-state index contributed by atoms with van der Waals surface area (Å²) in [6.07, 6.45) is 6.92. The Hall–Kier alpha value is -2.29. The summed E-state index contributed by atoms with van der Waals surface area (Å²) < 4.78 is 2.86. The van der Waals surface area contributed by atoms with Crippen molar-refractivity contribution in [2.24, 2.45) is 0 Å². The first-order valence-electron chi connectivity index (χ1n) is 7.07. The van der Waals surface area contributed by atoms with Crippen molar-refractivity contribution in [3.05, 3.63) is 64.3 Å². The molecule has 6 nitrogen and oxygen atoms in total. The largest absolute Gasteiger partial charge is 0.350 e. The van der Waals surface area contributed by atoms with Crippen molar-refractivity contribution in [2.75, 3.05) is 6.54 Å². The average molecular weight is 419 g/mol. The summed E-state index contributed by atoms with van der Waals surface area (Å²) in [4.78, 5) is 24.9. The molecule has 0 bridgehead atoms. The van der Waals surface area contributed by atoms with Crippen LogP contribution in [-0.2, 0) is 6.54 Å². The second kappa shape index (κ2) is 7.32. The topological polar surface area (TPSA) is 72.7 Å². The van der Waals surface area contributed by atoms with Gasteiger partial charge in [0.05, 0.1) is 5.56 Å². The monoisotopic (exact) mass is 419 g/mol. The molecule has 1 aromatic carbocycles. The van der Waals surface area contributed by atoms with E-state index in [1.807, 2.05) is 35.0 Å². The molecule has 7 heteroatoms. The highest BCUT2D eigenvalue weighted by Crippen LogP contribution is 2.12. The van der Waals surface area contributed by atoms with E-state index in [4.69, 9.17) is 0 Å². The molecular formula is C16H14IN5O. The van der Waals surface area contributed by atoms with Crippen molar-refractivity contribution in [1.29, 1.82) is 0 Å². The normalized spacial score (nSPS) is 10.5. The first kappa shape index (κ1) is 15.6. The van der Waals surface area contributed by atoms with E-state index in [-0.39, 0.29) is 5.91 Å². The zero-order chi connectivity index (χ0) is 16.1. The van der Waals surface area contributed by atoms with Crippen LogP contribution in [0, 0.1) is 3.57 Å². The molecule has 0 aliphatic carbocycles. The number of halogens is 1. The second-order valence-electron chi connectivity index (χ2n) is 4.75. The molecular weight excluding hydrogens is 405 g/mol. The number of hydrogen-bond acceptors (Lipinski definition) is 4. The highest BCUT2D eigenvalue weighted by Gasteiger charge is 2.10. The fourth-order valence-corrected chi connectivity index (χ4v) is 2.77. The standard InChI is InChI=1S/C16H14IN5O/c17-13-5-2-1-4-12(13)16(23)21-9-11-22-10-8-20-15(22)14-18-6-3-7-19-14/h1-8,10H,9,11H2,(H,21,23). The van der Waals surface area contributed by atoms with Gasteiger partial charge in [0.1, 0.15) is 0 Å². The van der Waals surface area contributed by atoms with Crippen LogP contribution in [0.25, 0.3) is 11.6 Å². The number of amides is 1. The van der Waals surface area contributed by atoms with Gasteiger partial charge in [0.2, 0.25) is 0 Å². The lowest BCUT2D eigenvalue weighted by Crippen LogP contribution is -2.28. The molecule has 3 aromatic rings. The summed E-state index contributed by atoms with van der Waals surface area (Å²) >= 11 is 2.16. The molecule has 0 radical (unpaired) electrons. The molecule has 0 unspecified atom stereocenters. The number of nitrogens with zero attached hydrogens (tertiary/aromatic N) is 4. The van der Waals surface area contributed by atoms with Gasteiger partial charge in [-0.25, -0.2) is 15.0 Å². The third kappa shape index (κ3) is 3.73. The van der Waals surface area contributed by atoms with Crippen LogP contribution in [0.2, 0.25) is 0 Å². The number of carbonyl (C=O) groups is 1. The van der Waals surface area contributed by atoms with Crippen LogP contribution in [0.15, 0.2) is 55.1 Å².